The van der Waals surface area contributed by atoms with Gasteiger partial charge in [0, 0.05) is 12.5 Å². The third-order valence-electron chi connectivity index (χ3n) is 4.11. The van der Waals surface area contributed by atoms with Crippen molar-refractivity contribution in [2.45, 2.75) is 32.0 Å². The molecule has 2 heterocycles. The lowest BCUT2D eigenvalue weighted by atomic mass is 9.91. The van der Waals surface area contributed by atoms with E-state index in [1.54, 1.807) is 7.11 Å². The van der Waals surface area contributed by atoms with Gasteiger partial charge in [0.1, 0.15) is 24.0 Å². The molecule has 1 aliphatic rings. The van der Waals surface area contributed by atoms with E-state index in [0.29, 0.717) is 6.42 Å². The molecule has 0 saturated heterocycles. The smallest absolute Gasteiger partial charge is 0.375 e. The first-order valence-electron chi connectivity index (χ1n) is 6.80. The van der Waals surface area contributed by atoms with Gasteiger partial charge in [-0.3, -0.25) is 0 Å². The van der Waals surface area contributed by atoms with Crippen LogP contribution in [0.3, 0.4) is 0 Å². The molecule has 0 fully saturated rings. The molecule has 0 radical (unpaired) electrons. The molecule has 3 rings (SSSR count). The third kappa shape index (κ3) is 1.75. The van der Waals surface area contributed by atoms with Crippen LogP contribution in [0.15, 0.2) is 24.3 Å². The number of hydrogen-bond donors (Lipinski definition) is 1. The molecule has 106 valence electrons. The molecule has 4 heteroatoms. The molecule has 0 bridgehead atoms. The first-order chi connectivity index (χ1) is 9.45. The minimum Gasteiger partial charge on any atom is -0.495 e. The summed E-state index contributed by atoms with van der Waals surface area (Å²) in [6.45, 7) is 3.81. The Balaban J connectivity index is 2.35. The molecule has 1 aliphatic heterocycles. The van der Waals surface area contributed by atoms with Crippen LogP contribution in [0.2, 0.25) is 0 Å². The van der Waals surface area contributed by atoms with Gasteiger partial charge in [-0.25, -0.2) is 0 Å². The van der Waals surface area contributed by atoms with Crippen molar-refractivity contribution in [3.05, 3.63) is 29.8 Å². The number of aliphatic hydroxyl groups is 1. The zero-order valence-electron chi connectivity index (χ0n) is 12.3. The topological polar surface area (TPSA) is 42.6 Å². The number of hydrogen-bond acceptors (Lipinski definition) is 3. The number of fused-ring (bicyclic) bond motifs is 2. The quantitative estimate of drug-likeness (QED) is 0.806. The highest BCUT2D eigenvalue weighted by Gasteiger charge is 2.42. The highest BCUT2D eigenvalue weighted by atomic mass is 16.5. The van der Waals surface area contributed by atoms with Crippen molar-refractivity contribution in [2.75, 3.05) is 7.11 Å². The minimum absolute atomic E-state index is 0.532. The zero-order chi connectivity index (χ0) is 14.5. The van der Waals surface area contributed by atoms with Gasteiger partial charge in [0.15, 0.2) is 0 Å². The summed E-state index contributed by atoms with van der Waals surface area (Å²) in [5.74, 6) is 1.57. The van der Waals surface area contributed by atoms with Gasteiger partial charge in [-0.05, 0) is 19.9 Å². The highest BCUT2D eigenvalue weighted by Crippen LogP contribution is 2.39. The molecule has 1 aromatic heterocycles. The number of benzene rings is 1. The van der Waals surface area contributed by atoms with E-state index in [9.17, 15) is 5.11 Å². The van der Waals surface area contributed by atoms with Gasteiger partial charge < -0.3 is 14.6 Å². The van der Waals surface area contributed by atoms with Crippen LogP contribution < -0.4 is 14.0 Å². The second kappa shape index (κ2) is 4.35. The van der Waals surface area contributed by atoms with Crippen molar-refractivity contribution in [1.29, 1.82) is 0 Å². The van der Waals surface area contributed by atoms with Gasteiger partial charge in [-0.2, -0.15) is 4.57 Å². The van der Waals surface area contributed by atoms with Crippen LogP contribution in [0.25, 0.3) is 10.9 Å². The number of aliphatic hydroxyl groups excluding tert-OH is 1. The summed E-state index contributed by atoms with van der Waals surface area (Å²) >= 11 is 0. The molecule has 0 amide bonds. The Bertz CT molecular complexity index is 679. The van der Waals surface area contributed by atoms with E-state index in [-0.39, 0.29) is 0 Å². The summed E-state index contributed by atoms with van der Waals surface area (Å²) in [6, 6.07) is 8.05. The van der Waals surface area contributed by atoms with E-state index in [4.69, 9.17) is 9.47 Å². The number of methoxy groups -OCH3 is 1. The molecular weight excluding hydrogens is 254 g/mol. The van der Waals surface area contributed by atoms with Gasteiger partial charge in [0.2, 0.25) is 5.52 Å². The van der Waals surface area contributed by atoms with E-state index < -0.39 is 11.7 Å². The number of aryl methyl sites for hydroxylation is 1. The standard InChI is InChI=1S/C16H20NO3/c1-16(2)13(18)9-11-14(19-4)10-7-5-6-8-12(10)17(3)15(11)20-16/h5-8,13,18H,9H2,1-4H3/q+1. The molecule has 0 aliphatic carbocycles. The van der Waals surface area contributed by atoms with Crippen molar-refractivity contribution in [2.24, 2.45) is 7.05 Å². The summed E-state index contributed by atoms with van der Waals surface area (Å²) in [5.41, 5.74) is 1.38. The van der Waals surface area contributed by atoms with E-state index in [2.05, 4.69) is 0 Å². The minimum atomic E-state index is -0.599. The third-order valence-corrected chi connectivity index (χ3v) is 4.11. The molecular formula is C16H20NO3+. The second-order valence-electron chi connectivity index (χ2n) is 5.82. The molecule has 1 N–H and O–H groups in total. The zero-order valence-corrected chi connectivity index (χ0v) is 12.3. The fraction of sp³-hybridized carbons (Fsp3) is 0.438. The number of para-hydroxylation sites is 1. The van der Waals surface area contributed by atoms with Crippen LogP contribution in [0, 0.1) is 0 Å². The van der Waals surface area contributed by atoms with Crippen LogP contribution in [0.1, 0.15) is 19.4 Å². The summed E-state index contributed by atoms with van der Waals surface area (Å²) in [4.78, 5) is 0. The van der Waals surface area contributed by atoms with Crippen molar-refractivity contribution >= 4 is 10.9 Å². The fourth-order valence-corrected chi connectivity index (χ4v) is 2.83. The molecule has 1 atom stereocenters. The van der Waals surface area contributed by atoms with Crippen molar-refractivity contribution in [3.8, 4) is 11.6 Å². The Hall–Kier alpha value is -1.81. The van der Waals surface area contributed by atoms with Gasteiger partial charge in [0.05, 0.1) is 18.6 Å². The van der Waals surface area contributed by atoms with Gasteiger partial charge in [-0.15, -0.1) is 0 Å². The average Bonchev–Trinajstić information content (AvgIpc) is 2.42. The molecule has 2 aromatic rings. The molecule has 20 heavy (non-hydrogen) atoms. The second-order valence-corrected chi connectivity index (χ2v) is 5.82. The Labute approximate surface area is 118 Å². The normalized spacial score (nSPS) is 20.4. The number of rotatable bonds is 1. The van der Waals surface area contributed by atoms with Crippen LogP contribution in [0.4, 0.5) is 0 Å². The molecule has 4 nitrogen and oxygen atoms in total. The maximum absolute atomic E-state index is 10.3. The van der Waals surface area contributed by atoms with Crippen molar-refractivity contribution in [1.82, 2.24) is 0 Å². The van der Waals surface area contributed by atoms with Gasteiger partial charge in [-0.1, -0.05) is 12.1 Å². The first-order valence-corrected chi connectivity index (χ1v) is 6.80. The number of ether oxygens (including phenoxy) is 2. The Morgan fingerprint density at radius 3 is 2.75 bits per heavy atom. The Morgan fingerprint density at radius 1 is 1.35 bits per heavy atom. The first kappa shape index (κ1) is 13.2. The van der Waals surface area contributed by atoms with E-state index >= 15 is 0 Å². The lowest BCUT2D eigenvalue weighted by Crippen LogP contribution is -2.50. The predicted molar refractivity (Wildman–Crippen MR) is 76.1 cm³/mol. The summed E-state index contributed by atoms with van der Waals surface area (Å²) in [6.07, 6.45) is -0.0189. The fourth-order valence-electron chi connectivity index (χ4n) is 2.83. The molecule has 0 spiro atoms. The number of pyridine rings is 1. The van der Waals surface area contributed by atoms with Crippen LogP contribution >= 0.6 is 0 Å². The van der Waals surface area contributed by atoms with Crippen LogP contribution in [0.5, 0.6) is 11.6 Å². The molecule has 1 aromatic carbocycles. The summed E-state index contributed by atoms with van der Waals surface area (Å²) < 4.78 is 13.7. The highest BCUT2D eigenvalue weighted by molar-refractivity contribution is 5.84. The summed E-state index contributed by atoms with van der Waals surface area (Å²) in [5, 5.41) is 11.3. The van der Waals surface area contributed by atoms with Gasteiger partial charge >= 0.3 is 5.88 Å². The molecule has 1 unspecified atom stereocenters. The van der Waals surface area contributed by atoms with Gasteiger partial charge in [0.25, 0.3) is 0 Å². The van der Waals surface area contributed by atoms with Crippen molar-refractivity contribution < 1.29 is 19.1 Å². The van der Waals surface area contributed by atoms with E-state index in [0.717, 1.165) is 28.1 Å². The predicted octanol–water partition coefficient (Wildman–Crippen LogP) is 1.75. The summed E-state index contributed by atoms with van der Waals surface area (Å²) in [7, 11) is 3.64. The maximum Gasteiger partial charge on any atom is 0.375 e. The number of nitrogens with zero attached hydrogens (tertiary/aromatic N) is 1. The average molecular weight is 274 g/mol. The van der Waals surface area contributed by atoms with Crippen LogP contribution in [-0.2, 0) is 13.5 Å². The Kier molecular flexibility index (Phi) is 2.87. The number of aromatic nitrogens is 1. The Morgan fingerprint density at radius 2 is 2.05 bits per heavy atom. The lowest BCUT2D eigenvalue weighted by molar-refractivity contribution is -0.654. The largest absolute Gasteiger partial charge is 0.495 e. The lowest BCUT2D eigenvalue weighted by Gasteiger charge is -2.35. The van der Waals surface area contributed by atoms with E-state index in [1.807, 2.05) is 49.7 Å². The van der Waals surface area contributed by atoms with E-state index in [1.165, 1.54) is 0 Å². The monoisotopic (exact) mass is 274 g/mol. The van der Waals surface area contributed by atoms with Crippen LogP contribution in [-0.4, -0.2) is 23.9 Å². The van der Waals surface area contributed by atoms with Crippen molar-refractivity contribution in [3.63, 3.8) is 0 Å². The maximum atomic E-state index is 10.3. The molecule has 0 saturated carbocycles. The SMILES string of the molecule is COc1c2c([n+](C)c3ccccc13)OC(C)(C)C(O)C2.